The van der Waals surface area contributed by atoms with Gasteiger partial charge in [-0.25, -0.2) is 14.5 Å². The fraction of sp³-hybridized carbons (Fsp3) is 0.182. The third-order valence-electron chi connectivity index (χ3n) is 2.83. The molecule has 0 bridgehead atoms. The van der Waals surface area contributed by atoms with Crippen LogP contribution < -0.4 is 0 Å². The molecule has 0 aromatic carbocycles. The van der Waals surface area contributed by atoms with Gasteiger partial charge in [0.1, 0.15) is 11.4 Å². The molecule has 0 saturated carbocycles. The maximum Gasteiger partial charge on any atom is 0.339 e. The molecule has 3 aromatic heterocycles. The Hall–Kier alpha value is -2.77. The highest BCUT2D eigenvalue weighted by atomic mass is 16.4. The van der Waals surface area contributed by atoms with Gasteiger partial charge in [0, 0.05) is 18.6 Å². The SMILES string of the molecule is Cc1nn(-c2nccn3c(C)nnc23)cc1C(=O)O. The zero-order valence-electron chi connectivity index (χ0n) is 10.3. The number of carboxylic acids is 1. The van der Waals surface area contributed by atoms with E-state index in [2.05, 4.69) is 20.3 Å². The largest absolute Gasteiger partial charge is 0.478 e. The third-order valence-corrected chi connectivity index (χ3v) is 2.83. The molecule has 0 atom stereocenters. The Labute approximate surface area is 107 Å². The van der Waals surface area contributed by atoms with E-state index in [1.807, 2.05) is 6.92 Å². The van der Waals surface area contributed by atoms with E-state index >= 15 is 0 Å². The molecular formula is C11H10N6O2. The summed E-state index contributed by atoms with van der Waals surface area (Å²) in [5, 5.41) is 21.2. The van der Waals surface area contributed by atoms with Gasteiger partial charge in [-0.15, -0.1) is 10.2 Å². The Balaban J connectivity index is 2.24. The number of aromatic nitrogens is 6. The molecule has 0 spiro atoms. The summed E-state index contributed by atoms with van der Waals surface area (Å²) in [7, 11) is 0. The highest BCUT2D eigenvalue weighted by Gasteiger charge is 2.16. The fourth-order valence-electron chi connectivity index (χ4n) is 1.87. The molecule has 3 rings (SSSR count). The van der Waals surface area contributed by atoms with Gasteiger partial charge in [-0.05, 0) is 13.8 Å². The van der Waals surface area contributed by atoms with Crippen LogP contribution in [-0.2, 0) is 0 Å². The van der Waals surface area contributed by atoms with Crippen molar-refractivity contribution < 1.29 is 9.90 Å². The van der Waals surface area contributed by atoms with Crippen LogP contribution in [0.5, 0.6) is 0 Å². The molecule has 96 valence electrons. The lowest BCUT2D eigenvalue weighted by Gasteiger charge is -2.01. The van der Waals surface area contributed by atoms with E-state index in [0.717, 1.165) is 5.82 Å². The van der Waals surface area contributed by atoms with Crippen molar-refractivity contribution in [2.75, 3.05) is 0 Å². The van der Waals surface area contributed by atoms with Crippen LogP contribution in [0.25, 0.3) is 11.5 Å². The van der Waals surface area contributed by atoms with Gasteiger partial charge in [0.2, 0.25) is 5.65 Å². The Morgan fingerprint density at radius 1 is 1.32 bits per heavy atom. The fourth-order valence-corrected chi connectivity index (χ4v) is 1.87. The summed E-state index contributed by atoms with van der Waals surface area (Å²) in [6, 6.07) is 0. The molecule has 3 aromatic rings. The van der Waals surface area contributed by atoms with E-state index < -0.39 is 5.97 Å². The predicted molar refractivity (Wildman–Crippen MR) is 64.3 cm³/mol. The van der Waals surface area contributed by atoms with Crippen LogP contribution in [0.4, 0.5) is 0 Å². The summed E-state index contributed by atoms with van der Waals surface area (Å²) in [5.74, 6) is 0.146. The summed E-state index contributed by atoms with van der Waals surface area (Å²) in [6.45, 7) is 3.45. The van der Waals surface area contributed by atoms with Crippen LogP contribution in [0.1, 0.15) is 21.9 Å². The maximum atomic E-state index is 11.0. The second-order valence-corrected chi connectivity index (χ2v) is 4.07. The first-order chi connectivity index (χ1) is 9.08. The summed E-state index contributed by atoms with van der Waals surface area (Å²) in [6.07, 6.45) is 4.75. The van der Waals surface area contributed by atoms with Crippen LogP contribution >= 0.6 is 0 Å². The van der Waals surface area contributed by atoms with Gasteiger partial charge in [0.25, 0.3) is 0 Å². The summed E-state index contributed by atoms with van der Waals surface area (Å²) < 4.78 is 3.17. The van der Waals surface area contributed by atoms with Crippen molar-refractivity contribution in [1.29, 1.82) is 0 Å². The van der Waals surface area contributed by atoms with E-state index in [1.54, 1.807) is 23.7 Å². The molecule has 0 radical (unpaired) electrons. The van der Waals surface area contributed by atoms with E-state index in [1.165, 1.54) is 10.9 Å². The first-order valence-electron chi connectivity index (χ1n) is 5.54. The normalized spacial score (nSPS) is 11.1. The van der Waals surface area contributed by atoms with Crippen LogP contribution in [0.3, 0.4) is 0 Å². The molecule has 1 N–H and O–H groups in total. The minimum Gasteiger partial charge on any atom is -0.478 e. The van der Waals surface area contributed by atoms with Crippen molar-refractivity contribution in [1.82, 2.24) is 29.4 Å². The van der Waals surface area contributed by atoms with Gasteiger partial charge in [0.15, 0.2) is 5.82 Å². The quantitative estimate of drug-likeness (QED) is 0.723. The zero-order chi connectivity index (χ0) is 13.6. The van der Waals surface area contributed by atoms with Crippen molar-refractivity contribution in [3.05, 3.63) is 35.7 Å². The van der Waals surface area contributed by atoms with Crippen molar-refractivity contribution in [3.63, 3.8) is 0 Å². The number of aryl methyl sites for hydroxylation is 2. The lowest BCUT2D eigenvalue weighted by Crippen LogP contribution is -2.02. The molecule has 0 unspecified atom stereocenters. The zero-order valence-corrected chi connectivity index (χ0v) is 10.3. The molecule has 0 saturated heterocycles. The molecule has 8 nitrogen and oxygen atoms in total. The molecule has 19 heavy (non-hydrogen) atoms. The Kier molecular flexibility index (Phi) is 2.31. The number of fused-ring (bicyclic) bond motifs is 1. The Bertz CT molecular complexity index is 788. The number of rotatable bonds is 2. The van der Waals surface area contributed by atoms with Crippen LogP contribution in [-0.4, -0.2) is 40.4 Å². The number of hydrogen-bond acceptors (Lipinski definition) is 5. The molecule has 0 aliphatic carbocycles. The van der Waals surface area contributed by atoms with E-state index in [-0.39, 0.29) is 5.56 Å². The number of carboxylic acid groups (broad SMARTS) is 1. The molecule has 8 heteroatoms. The van der Waals surface area contributed by atoms with E-state index in [9.17, 15) is 4.79 Å². The average Bonchev–Trinajstić information content (AvgIpc) is 2.94. The minimum absolute atomic E-state index is 0.139. The molecule has 0 amide bonds. The lowest BCUT2D eigenvalue weighted by molar-refractivity contribution is 0.0696. The van der Waals surface area contributed by atoms with Gasteiger partial charge in [-0.2, -0.15) is 5.10 Å². The lowest BCUT2D eigenvalue weighted by atomic mass is 10.3. The van der Waals surface area contributed by atoms with Gasteiger partial charge in [-0.1, -0.05) is 0 Å². The third kappa shape index (κ3) is 1.65. The molecule has 0 aliphatic rings. The molecule has 3 heterocycles. The second kappa shape index (κ2) is 3.87. The van der Waals surface area contributed by atoms with E-state index in [4.69, 9.17) is 5.11 Å². The van der Waals surface area contributed by atoms with Crippen molar-refractivity contribution in [2.45, 2.75) is 13.8 Å². The summed E-state index contributed by atoms with van der Waals surface area (Å²) in [4.78, 5) is 15.2. The topological polar surface area (TPSA) is 98.2 Å². The van der Waals surface area contributed by atoms with Crippen LogP contribution in [0.2, 0.25) is 0 Å². The van der Waals surface area contributed by atoms with Crippen molar-refractivity contribution >= 4 is 11.6 Å². The van der Waals surface area contributed by atoms with Gasteiger partial charge >= 0.3 is 5.97 Å². The monoisotopic (exact) mass is 258 g/mol. The first-order valence-corrected chi connectivity index (χ1v) is 5.54. The van der Waals surface area contributed by atoms with Gasteiger partial charge in [-0.3, -0.25) is 4.40 Å². The van der Waals surface area contributed by atoms with Crippen LogP contribution in [0, 0.1) is 13.8 Å². The summed E-state index contributed by atoms with van der Waals surface area (Å²) >= 11 is 0. The number of nitrogens with zero attached hydrogens (tertiary/aromatic N) is 6. The predicted octanol–water partition coefficient (Wildman–Crippen LogP) is 0.625. The standard InChI is InChI=1S/C11H10N6O2/c1-6-8(11(18)19)5-17(15-6)9-10-14-13-7(2)16(10)4-3-12-9/h3-5H,1-2H3,(H,18,19). The first kappa shape index (κ1) is 11.3. The maximum absolute atomic E-state index is 11.0. The van der Waals surface area contributed by atoms with Crippen molar-refractivity contribution in [3.8, 4) is 5.82 Å². The highest BCUT2D eigenvalue weighted by molar-refractivity contribution is 5.88. The van der Waals surface area contributed by atoms with Gasteiger partial charge < -0.3 is 5.11 Å². The number of hydrogen-bond donors (Lipinski definition) is 1. The van der Waals surface area contributed by atoms with Crippen LogP contribution in [0.15, 0.2) is 18.6 Å². The molecule has 0 fully saturated rings. The van der Waals surface area contributed by atoms with E-state index in [0.29, 0.717) is 17.2 Å². The van der Waals surface area contributed by atoms with Gasteiger partial charge in [0.05, 0.1) is 5.69 Å². The summed E-state index contributed by atoms with van der Waals surface area (Å²) in [5.41, 5.74) is 1.09. The highest BCUT2D eigenvalue weighted by Crippen LogP contribution is 2.14. The number of aromatic carboxylic acids is 1. The smallest absolute Gasteiger partial charge is 0.339 e. The average molecular weight is 258 g/mol. The Morgan fingerprint density at radius 2 is 2.11 bits per heavy atom. The Morgan fingerprint density at radius 3 is 2.79 bits per heavy atom. The molecule has 0 aliphatic heterocycles. The molecular weight excluding hydrogens is 248 g/mol. The second-order valence-electron chi connectivity index (χ2n) is 4.07. The minimum atomic E-state index is -1.02. The van der Waals surface area contributed by atoms with Crippen molar-refractivity contribution in [2.24, 2.45) is 0 Å². The number of carbonyl (C=O) groups is 1.